The Hall–Kier alpha value is -0.900. The molecule has 0 amide bonds. The van der Waals surface area contributed by atoms with Gasteiger partial charge in [0.05, 0.1) is 0 Å². The maximum atomic E-state index is 11.5. The van der Waals surface area contributed by atoms with Gasteiger partial charge in [0.2, 0.25) is 0 Å². The number of hydrogen-bond acceptors (Lipinski definition) is 3. The summed E-state index contributed by atoms with van der Waals surface area (Å²) in [5, 5.41) is 8.70. The predicted octanol–water partition coefficient (Wildman–Crippen LogP) is 1.38. The van der Waals surface area contributed by atoms with E-state index in [-0.39, 0.29) is 0 Å². The fraction of sp³-hybridized carbons (Fsp3) is 0.800. The van der Waals surface area contributed by atoms with Crippen LogP contribution in [0.2, 0.25) is 0 Å². The van der Waals surface area contributed by atoms with Crippen LogP contribution >= 0.6 is 0 Å². The molecule has 0 heterocycles. The summed E-state index contributed by atoms with van der Waals surface area (Å²) >= 11 is 0. The highest BCUT2D eigenvalue weighted by atomic mass is 16.5. The molecule has 1 rings (SSSR count). The molecule has 0 saturated heterocycles. The predicted molar refractivity (Wildman–Crippen MR) is 50.1 cm³/mol. The van der Waals surface area contributed by atoms with Gasteiger partial charge in [-0.2, -0.15) is 0 Å². The van der Waals surface area contributed by atoms with E-state index in [1.807, 2.05) is 0 Å². The van der Waals surface area contributed by atoms with E-state index in [9.17, 15) is 9.59 Å². The number of carboxylic acids is 1. The molecule has 0 spiro atoms. The lowest BCUT2D eigenvalue weighted by Crippen LogP contribution is -2.47. The summed E-state index contributed by atoms with van der Waals surface area (Å²) in [6.07, 6.45) is 3.90. The molecule has 1 aliphatic rings. The Morgan fingerprint density at radius 1 is 1.29 bits per heavy atom. The van der Waals surface area contributed by atoms with Crippen LogP contribution in [-0.2, 0) is 14.3 Å². The van der Waals surface area contributed by atoms with Crippen LogP contribution in [0.5, 0.6) is 0 Å². The summed E-state index contributed by atoms with van der Waals surface area (Å²) in [7, 11) is 0. The fourth-order valence-corrected chi connectivity index (χ4v) is 2.03. The van der Waals surface area contributed by atoms with E-state index in [0.29, 0.717) is 19.4 Å². The van der Waals surface area contributed by atoms with Crippen LogP contribution in [0.15, 0.2) is 0 Å². The Bertz CT molecular complexity index is 223. The normalized spacial score (nSPS) is 20.4. The van der Waals surface area contributed by atoms with Crippen molar-refractivity contribution >= 4 is 11.8 Å². The first kappa shape index (κ1) is 11.2. The summed E-state index contributed by atoms with van der Waals surface area (Å²) in [5.74, 6) is -2.15. The third-order valence-corrected chi connectivity index (χ3v) is 2.69. The highest BCUT2D eigenvalue weighted by Crippen LogP contribution is 2.32. The van der Waals surface area contributed by atoms with Crippen molar-refractivity contribution in [2.45, 2.75) is 44.6 Å². The second-order valence-electron chi connectivity index (χ2n) is 3.62. The van der Waals surface area contributed by atoms with E-state index < -0.39 is 17.4 Å². The van der Waals surface area contributed by atoms with Gasteiger partial charge in [0.1, 0.15) is 5.60 Å². The van der Waals surface area contributed by atoms with Crippen LogP contribution in [-0.4, -0.2) is 29.1 Å². The second kappa shape index (κ2) is 4.55. The van der Waals surface area contributed by atoms with E-state index in [0.717, 1.165) is 19.3 Å². The highest BCUT2D eigenvalue weighted by molar-refractivity contribution is 6.36. The van der Waals surface area contributed by atoms with Gasteiger partial charge < -0.3 is 9.84 Å². The smallest absolute Gasteiger partial charge is 0.375 e. The van der Waals surface area contributed by atoms with Crippen LogP contribution in [0.3, 0.4) is 0 Å². The summed E-state index contributed by atoms with van der Waals surface area (Å²) in [4.78, 5) is 22.1. The molecule has 0 aromatic rings. The molecule has 0 radical (unpaired) electrons. The van der Waals surface area contributed by atoms with Crippen molar-refractivity contribution in [3.63, 3.8) is 0 Å². The standard InChI is InChI=1S/C10H16O4/c1-2-14-10(8(11)9(12)13)6-4-3-5-7-10/h2-7H2,1H3,(H,12,13). The van der Waals surface area contributed by atoms with E-state index >= 15 is 0 Å². The molecule has 1 aliphatic carbocycles. The van der Waals surface area contributed by atoms with Gasteiger partial charge in [-0.3, -0.25) is 4.79 Å². The van der Waals surface area contributed by atoms with Gasteiger partial charge in [0.15, 0.2) is 0 Å². The number of Topliss-reactive ketones (excluding diaryl/α,β-unsaturated/α-hetero) is 1. The number of carbonyl (C=O) groups is 2. The minimum Gasteiger partial charge on any atom is -0.475 e. The number of rotatable bonds is 4. The fourth-order valence-electron chi connectivity index (χ4n) is 2.03. The third-order valence-electron chi connectivity index (χ3n) is 2.69. The number of hydrogen-bond donors (Lipinski definition) is 1. The van der Waals surface area contributed by atoms with E-state index in [1.165, 1.54) is 0 Å². The Morgan fingerprint density at radius 3 is 2.29 bits per heavy atom. The van der Waals surface area contributed by atoms with Gasteiger partial charge in [-0.05, 0) is 19.8 Å². The van der Waals surface area contributed by atoms with Crippen molar-refractivity contribution in [3.8, 4) is 0 Å². The summed E-state index contributed by atoms with van der Waals surface area (Å²) in [5.41, 5.74) is -1.03. The van der Waals surface area contributed by atoms with Gasteiger partial charge in [-0.15, -0.1) is 0 Å². The van der Waals surface area contributed by atoms with Gasteiger partial charge in [-0.1, -0.05) is 19.3 Å². The molecule has 1 N–H and O–H groups in total. The molecule has 1 saturated carbocycles. The Labute approximate surface area is 83.2 Å². The lowest BCUT2D eigenvalue weighted by molar-refractivity contribution is -0.165. The van der Waals surface area contributed by atoms with Crippen molar-refractivity contribution in [1.29, 1.82) is 0 Å². The maximum absolute atomic E-state index is 11.5. The van der Waals surface area contributed by atoms with Crippen molar-refractivity contribution < 1.29 is 19.4 Å². The molecule has 0 unspecified atom stereocenters. The molecule has 4 heteroatoms. The first-order valence-electron chi connectivity index (χ1n) is 5.04. The molecular formula is C10H16O4. The first-order valence-corrected chi connectivity index (χ1v) is 5.04. The average Bonchev–Trinajstić information content (AvgIpc) is 2.18. The van der Waals surface area contributed by atoms with E-state index in [4.69, 9.17) is 9.84 Å². The summed E-state index contributed by atoms with van der Waals surface area (Å²) in [6, 6.07) is 0. The number of aliphatic carboxylic acids is 1. The largest absolute Gasteiger partial charge is 0.475 e. The van der Waals surface area contributed by atoms with Crippen molar-refractivity contribution in [3.05, 3.63) is 0 Å². The minimum absolute atomic E-state index is 0.388. The molecule has 0 atom stereocenters. The van der Waals surface area contributed by atoms with Gasteiger partial charge in [-0.25, -0.2) is 4.79 Å². The van der Waals surface area contributed by atoms with E-state index in [2.05, 4.69) is 0 Å². The molecule has 4 nitrogen and oxygen atoms in total. The molecule has 0 aromatic heterocycles. The monoisotopic (exact) mass is 200 g/mol. The molecule has 0 bridgehead atoms. The molecule has 1 fully saturated rings. The van der Waals surface area contributed by atoms with Crippen LogP contribution in [0.1, 0.15) is 39.0 Å². The number of ether oxygens (including phenoxy) is 1. The quantitative estimate of drug-likeness (QED) is 0.696. The van der Waals surface area contributed by atoms with Gasteiger partial charge in [0.25, 0.3) is 5.78 Å². The van der Waals surface area contributed by atoms with Crippen molar-refractivity contribution in [2.24, 2.45) is 0 Å². The van der Waals surface area contributed by atoms with Crippen molar-refractivity contribution in [1.82, 2.24) is 0 Å². The topological polar surface area (TPSA) is 63.6 Å². The molecule has 0 aromatic carbocycles. The Kier molecular flexibility index (Phi) is 3.63. The maximum Gasteiger partial charge on any atom is 0.375 e. The number of carboxylic acid groups (broad SMARTS) is 1. The van der Waals surface area contributed by atoms with Crippen LogP contribution in [0.4, 0.5) is 0 Å². The zero-order valence-electron chi connectivity index (χ0n) is 8.41. The number of ketones is 1. The number of carbonyl (C=O) groups excluding carboxylic acids is 1. The average molecular weight is 200 g/mol. The van der Waals surface area contributed by atoms with Crippen LogP contribution < -0.4 is 0 Å². The van der Waals surface area contributed by atoms with Crippen LogP contribution in [0.25, 0.3) is 0 Å². The van der Waals surface area contributed by atoms with Crippen molar-refractivity contribution in [2.75, 3.05) is 6.61 Å². The van der Waals surface area contributed by atoms with E-state index in [1.54, 1.807) is 6.92 Å². The Morgan fingerprint density at radius 2 is 1.86 bits per heavy atom. The zero-order chi connectivity index (χ0) is 10.6. The molecule has 14 heavy (non-hydrogen) atoms. The lowest BCUT2D eigenvalue weighted by Gasteiger charge is -2.33. The summed E-state index contributed by atoms with van der Waals surface area (Å²) in [6.45, 7) is 2.17. The molecule has 0 aliphatic heterocycles. The lowest BCUT2D eigenvalue weighted by atomic mass is 9.81. The Balaban J connectivity index is 2.79. The van der Waals surface area contributed by atoms with Gasteiger partial charge in [0, 0.05) is 6.61 Å². The first-order chi connectivity index (χ1) is 6.62. The van der Waals surface area contributed by atoms with Gasteiger partial charge >= 0.3 is 5.97 Å². The van der Waals surface area contributed by atoms with Crippen LogP contribution in [0, 0.1) is 0 Å². The second-order valence-corrected chi connectivity index (χ2v) is 3.62. The summed E-state index contributed by atoms with van der Waals surface area (Å²) < 4.78 is 5.36. The zero-order valence-corrected chi connectivity index (χ0v) is 8.41. The highest BCUT2D eigenvalue weighted by Gasteiger charge is 2.43. The third kappa shape index (κ3) is 2.12. The minimum atomic E-state index is -1.37. The SMILES string of the molecule is CCOC1(C(=O)C(=O)O)CCCCC1. The molecular weight excluding hydrogens is 184 g/mol. The molecule has 80 valence electrons.